The number of ether oxygens (including phenoxy) is 1. The molecule has 1 fully saturated rings. The molecule has 1 aromatic heterocycles. The number of carbonyl (C=O) groups excluding carboxylic acids is 1. The molecule has 1 atom stereocenters. The predicted octanol–water partition coefficient (Wildman–Crippen LogP) is 1.83. The number of hydrogen-bond acceptors (Lipinski definition) is 4. The maximum absolute atomic E-state index is 13.0. The number of carbonyl (C=O) groups is 1. The van der Waals surface area contributed by atoms with Crippen LogP contribution in [0.25, 0.3) is 10.9 Å². The highest BCUT2D eigenvalue weighted by atomic mass is 32.2. The van der Waals surface area contributed by atoms with Crippen LogP contribution in [0.15, 0.2) is 30.3 Å². The van der Waals surface area contributed by atoms with Crippen molar-refractivity contribution in [3.8, 4) is 0 Å². The summed E-state index contributed by atoms with van der Waals surface area (Å²) in [5.74, 6) is 0.0501. The van der Waals surface area contributed by atoms with Crippen molar-refractivity contribution < 1.29 is 17.9 Å². The Balaban J connectivity index is 1.84. The van der Waals surface area contributed by atoms with E-state index in [9.17, 15) is 13.2 Å². The van der Waals surface area contributed by atoms with Gasteiger partial charge in [0.15, 0.2) is 9.84 Å². The van der Waals surface area contributed by atoms with Gasteiger partial charge < -0.3 is 14.6 Å². The molecule has 0 saturated carbocycles. The molecule has 0 aliphatic carbocycles. The number of benzene rings is 1. The molecular formula is C17H22N2O4S. The van der Waals surface area contributed by atoms with Crippen molar-refractivity contribution in [2.75, 3.05) is 31.8 Å². The summed E-state index contributed by atoms with van der Waals surface area (Å²) in [5, 5.41) is 0.969. The maximum Gasteiger partial charge on any atom is 0.270 e. The van der Waals surface area contributed by atoms with Gasteiger partial charge >= 0.3 is 0 Å². The maximum atomic E-state index is 13.0. The van der Waals surface area contributed by atoms with Crippen LogP contribution < -0.4 is 0 Å². The van der Waals surface area contributed by atoms with E-state index in [0.29, 0.717) is 31.7 Å². The molecule has 0 bridgehead atoms. The minimum atomic E-state index is -3.05. The zero-order valence-electron chi connectivity index (χ0n) is 13.7. The minimum absolute atomic E-state index is 0.0476. The fourth-order valence-corrected chi connectivity index (χ4v) is 4.92. The number of sulfone groups is 1. The topological polar surface area (TPSA) is 79.5 Å². The summed E-state index contributed by atoms with van der Waals surface area (Å²) in [6.07, 6.45) is 1.18. The highest BCUT2D eigenvalue weighted by molar-refractivity contribution is 7.91. The number of rotatable bonds is 6. The van der Waals surface area contributed by atoms with Crippen molar-refractivity contribution in [3.63, 3.8) is 0 Å². The number of nitrogens with one attached hydrogen (secondary N) is 1. The minimum Gasteiger partial charge on any atom is -0.385 e. The molecule has 1 saturated heterocycles. The Morgan fingerprint density at radius 2 is 2.17 bits per heavy atom. The molecule has 2 aromatic rings. The van der Waals surface area contributed by atoms with E-state index in [-0.39, 0.29) is 23.5 Å². The van der Waals surface area contributed by atoms with Crippen LogP contribution in [0.1, 0.15) is 23.3 Å². The number of nitrogens with zero attached hydrogens (tertiary/aromatic N) is 1. The zero-order valence-corrected chi connectivity index (χ0v) is 14.5. The lowest BCUT2D eigenvalue weighted by Gasteiger charge is -2.27. The fraction of sp³-hybridized carbons (Fsp3) is 0.471. The first-order valence-electron chi connectivity index (χ1n) is 8.08. The smallest absolute Gasteiger partial charge is 0.270 e. The van der Waals surface area contributed by atoms with E-state index in [1.807, 2.05) is 30.3 Å². The van der Waals surface area contributed by atoms with Crippen molar-refractivity contribution >= 4 is 26.6 Å². The molecule has 1 aliphatic rings. The quantitative estimate of drug-likeness (QED) is 0.806. The summed E-state index contributed by atoms with van der Waals surface area (Å²) >= 11 is 0. The molecule has 1 amide bonds. The predicted molar refractivity (Wildman–Crippen MR) is 92.9 cm³/mol. The molecule has 7 heteroatoms. The van der Waals surface area contributed by atoms with Crippen molar-refractivity contribution in [2.24, 2.45) is 0 Å². The molecule has 0 spiro atoms. The number of fused-ring (bicyclic) bond motifs is 1. The van der Waals surface area contributed by atoms with Crippen LogP contribution in [0.3, 0.4) is 0 Å². The molecule has 1 aromatic carbocycles. The van der Waals surface area contributed by atoms with Crippen LogP contribution in [0.2, 0.25) is 0 Å². The summed E-state index contributed by atoms with van der Waals surface area (Å²) in [7, 11) is -1.43. The Morgan fingerprint density at radius 3 is 2.83 bits per heavy atom. The lowest BCUT2D eigenvalue weighted by Crippen LogP contribution is -2.42. The monoisotopic (exact) mass is 350 g/mol. The number of aromatic nitrogens is 1. The normalized spacial score (nSPS) is 19.6. The van der Waals surface area contributed by atoms with E-state index < -0.39 is 9.84 Å². The van der Waals surface area contributed by atoms with Crippen molar-refractivity contribution in [3.05, 3.63) is 36.0 Å². The first-order chi connectivity index (χ1) is 11.5. The van der Waals surface area contributed by atoms with Gasteiger partial charge in [0.1, 0.15) is 5.69 Å². The van der Waals surface area contributed by atoms with Crippen molar-refractivity contribution in [1.82, 2.24) is 9.88 Å². The van der Waals surface area contributed by atoms with Crippen molar-refractivity contribution in [1.29, 1.82) is 0 Å². The molecule has 1 unspecified atom stereocenters. The van der Waals surface area contributed by atoms with E-state index in [1.54, 1.807) is 12.0 Å². The van der Waals surface area contributed by atoms with Gasteiger partial charge in [-0.3, -0.25) is 4.79 Å². The third-order valence-electron chi connectivity index (χ3n) is 4.42. The number of methoxy groups -OCH3 is 1. The second-order valence-electron chi connectivity index (χ2n) is 6.17. The third-order valence-corrected chi connectivity index (χ3v) is 6.17. The van der Waals surface area contributed by atoms with E-state index >= 15 is 0 Å². The average molecular weight is 350 g/mol. The first-order valence-corrected chi connectivity index (χ1v) is 9.90. The van der Waals surface area contributed by atoms with Crippen LogP contribution >= 0.6 is 0 Å². The first kappa shape index (κ1) is 17.0. The number of para-hydroxylation sites is 1. The zero-order chi connectivity index (χ0) is 17.2. The number of H-pyrrole nitrogens is 1. The lowest BCUT2D eigenvalue weighted by molar-refractivity contribution is 0.0669. The second-order valence-corrected chi connectivity index (χ2v) is 8.40. The van der Waals surface area contributed by atoms with Crippen LogP contribution in [-0.2, 0) is 14.6 Å². The van der Waals surface area contributed by atoms with Gasteiger partial charge in [0, 0.05) is 37.2 Å². The second kappa shape index (κ2) is 6.94. The van der Waals surface area contributed by atoms with Gasteiger partial charge in [-0.2, -0.15) is 0 Å². The van der Waals surface area contributed by atoms with Gasteiger partial charge in [-0.15, -0.1) is 0 Å². The summed E-state index contributed by atoms with van der Waals surface area (Å²) < 4.78 is 28.7. The molecule has 2 heterocycles. The SMILES string of the molecule is COCCCN(C(=O)c1cc2ccccc2[nH]1)C1CCS(=O)(=O)C1. The molecule has 3 rings (SSSR count). The largest absolute Gasteiger partial charge is 0.385 e. The van der Waals surface area contributed by atoms with Gasteiger partial charge in [0.2, 0.25) is 0 Å². The molecule has 24 heavy (non-hydrogen) atoms. The Morgan fingerprint density at radius 1 is 1.38 bits per heavy atom. The Kier molecular flexibility index (Phi) is 4.91. The molecule has 0 radical (unpaired) electrons. The molecule has 6 nitrogen and oxygen atoms in total. The van der Waals surface area contributed by atoms with E-state index in [1.165, 1.54) is 0 Å². The Labute approximate surface area is 141 Å². The summed E-state index contributed by atoms with van der Waals surface area (Å²) in [4.78, 5) is 17.8. The van der Waals surface area contributed by atoms with Crippen LogP contribution in [0.4, 0.5) is 0 Å². The molecular weight excluding hydrogens is 328 g/mol. The van der Waals surface area contributed by atoms with Crippen LogP contribution in [-0.4, -0.2) is 62.0 Å². The fourth-order valence-electron chi connectivity index (χ4n) is 3.19. The number of amides is 1. The van der Waals surface area contributed by atoms with Gasteiger partial charge in [-0.25, -0.2) is 8.42 Å². The third kappa shape index (κ3) is 3.62. The van der Waals surface area contributed by atoms with Gasteiger partial charge in [0.25, 0.3) is 5.91 Å². The van der Waals surface area contributed by atoms with Gasteiger partial charge in [0.05, 0.1) is 11.5 Å². The van der Waals surface area contributed by atoms with E-state index in [2.05, 4.69) is 4.98 Å². The lowest BCUT2D eigenvalue weighted by atomic mass is 10.2. The Hall–Kier alpha value is -1.86. The highest BCUT2D eigenvalue weighted by Gasteiger charge is 2.35. The van der Waals surface area contributed by atoms with Crippen LogP contribution in [0, 0.1) is 0 Å². The highest BCUT2D eigenvalue weighted by Crippen LogP contribution is 2.22. The Bertz CT molecular complexity index is 795. The van der Waals surface area contributed by atoms with Gasteiger partial charge in [-0.1, -0.05) is 18.2 Å². The standard InChI is InChI=1S/C17H22N2O4S/c1-23-9-4-8-19(14-7-10-24(21,22)12-14)17(20)16-11-13-5-2-3-6-15(13)18-16/h2-3,5-6,11,14,18H,4,7-10,12H2,1H3. The summed E-state index contributed by atoms with van der Waals surface area (Å²) in [6.45, 7) is 1.03. The average Bonchev–Trinajstić information content (AvgIpc) is 3.14. The molecule has 130 valence electrons. The molecule has 1 aliphatic heterocycles. The number of hydrogen-bond donors (Lipinski definition) is 1. The summed E-state index contributed by atoms with van der Waals surface area (Å²) in [6, 6.07) is 9.26. The van der Waals surface area contributed by atoms with Crippen molar-refractivity contribution in [2.45, 2.75) is 18.9 Å². The van der Waals surface area contributed by atoms with E-state index in [0.717, 1.165) is 10.9 Å². The summed E-state index contributed by atoms with van der Waals surface area (Å²) in [5.41, 5.74) is 1.40. The molecule has 1 N–H and O–H groups in total. The van der Waals surface area contributed by atoms with E-state index in [4.69, 9.17) is 4.74 Å². The van der Waals surface area contributed by atoms with Crippen LogP contribution in [0.5, 0.6) is 0 Å². The van der Waals surface area contributed by atoms with Gasteiger partial charge in [-0.05, 0) is 25.0 Å². The number of aromatic amines is 1.